The van der Waals surface area contributed by atoms with Crippen LogP contribution in [-0.2, 0) is 5.54 Å². The van der Waals surface area contributed by atoms with Crippen LogP contribution in [0.2, 0.25) is 0 Å². The molecule has 0 aliphatic rings. The number of rotatable bonds is 7. The van der Waals surface area contributed by atoms with Crippen molar-refractivity contribution in [2.45, 2.75) is 58.4 Å². The van der Waals surface area contributed by atoms with Gasteiger partial charge in [0.15, 0.2) is 0 Å². The van der Waals surface area contributed by atoms with Crippen LogP contribution >= 0.6 is 0 Å². The molecule has 0 bridgehead atoms. The summed E-state index contributed by atoms with van der Waals surface area (Å²) >= 11 is 0. The number of hydrogen-bond acceptors (Lipinski definition) is 1. The SMILES string of the molecule is CCCC(N)(CC(CC)CC)c1ccccc1. The average molecular weight is 233 g/mol. The van der Waals surface area contributed by atoms with E-state index >= 15 is 0 Å². The number of benzene rings is 1. The van der Waals surface area contributed by atoms with Crippen LogP contribution in [0.1, 0.15) is 58.4 Å². The molecule has 0 radical (unpaired) electrons. The second kappa shape index (κ2) is 6.80. The van der Waals surface area contributed by atoms with Gasteiger partial charge in [-0.05, 0) is 24.3 Å². The zero-order chi connectivity index (χ0) is 12.7. The average Bonchev–Trinajstić information content (AvgIpc) is 2.37. The summed E-state index contributed by atoms with van der Waals surface area (Å²) in [5.41, 5.74) is 7.85. The summed E-state index contributed by atoms with van der Waals surface area (Å²) in [6, 6.07) is 10.6. The molecule has 0 spiro atoms. The lowest BCUT2D eigenvalue weighted by atomic mass is 9.77. The van der Waals surface area contributed by atoms with Crippen LogP contribution in [0.25, 0.3) is 0 Å². The molecule has 96 valence electrons. The van der Waals surface area contributed by atoms with E-state index in [4.69, 9.17) is 5.73 Å². The Labute approximate surface area is 106 Å². The summed E-state index contributed by atoms with van der Waals surface area (Å²) in [6.07, 6.45) is 5.79. The van der Waals surface area contributed by atoms with Crippen molar-refractivity contribution in [3.8, 4) is 0 Å². The Morgan fingerprint density at radius 2 is 1.65 bits per heavy atom. The van der Waals surface area contributed by atoms with Crippen molar-refractivity contribution in [2.75, 3.05) is 0 Å². The normalized spacial score (nSPS) is 14.9. The molecule has 0 fully saturated rings. The van der Waals surface area contributed by atoms with Gasteiger partial charge in [-0.2, -0.15) is 0 Å². The van der Waals surface area contributed by atoms with Crippen LogP contribution in [0.5, 0.6) is 0 Å². The fraction of sp³-hybridized carbons (Fsp3) is 0.625. The Kier molecular flexibility index (Phi) is 5.70. The molecule has 0 aliphatic heterocycles. The molecule has 1 aromatic carbocycles. The standard InChI is InChI=1S/C16H27N/c1-4-12-16(17,13-14(5-2)6-3)15-10-8-7-9-11-15/h7-11,14H,4-6,12-13,17H2,1-3H3. The van der Waals surface area contributed by atoms with Crippen molar-refractivity contribution in [3.63, 3.8) is 0 Å². The molecule has 0 saturated heterocycles. The van der Waals surface area contributed by atoms with Crippen LogP contribution in [0, 0.1) is 5.92 Å². The van der Waals surface area contributed by atoms with Crippen LogP contribution < -0.4 is 5.73 Å². The van der Waals surface area contributed by atoms with Gasteiger partial charge in [0, 0.05) is 5.54 Å². The first kappa shape index (κ1) is 14.2. The number of hydrogen-bond donors (Lipinski definition) is 1. The summed E-state index contributed by atoms with van der Waals surface area (Å²) in [4.78, 5) is 0. The molecule has 1 nitrogen and oxygen atoms in total. The van der Waals surface area contributed by atoms with Gasteiger partial charge in [-0.1, -0.05) is 70.4 Å². The van der Waals surface area contributed by atoms with E-state index in [-0.39, 0.29) is 5.54 Å². The molecule has 17 heavy (non-hydrogen) atoms. The first-order valence-electron chi connectivity index (χ1n) is 7.00. The van der Waals surface area contributed by atoms with Gasteiger partial charge in [0.1, 0.15) is 0 Å². The molecular weight excluding hydrogens is 206 g/mol. The Morgan fingerprint density at radius 1 is 1.06 bits per heavy atom. The van der Waals surface area contributed by atoms with Crippen molar-refractivity contribution in [3.05, 3.63) is 35.9 Å². The molecule has 0 aromatic heterocycles. The minimum Gasteiger partial charge on any atom is -0.321 e. The lowest BCUT2D eigenvalue weighted by molar-refractivity contribution is 0.288. The summed E-state index contributed by atoms with van der Waals surface area (Å²) < 4.78 is 0. The lowest BCUT2D eigenvalue weighted by Gasteiger charge is -2.33. The van der Waals surface area contributed by atoms with Crippen LogP contribution in [0.4, 0.5) is 0 Å². The molecule has 1 rings (SSSR count). The molecular formula is C16H27N. The third-order valence-electron chi connectivity index (χ3n) is 3.85. The molecule has 0 aliphatic carbocycles. The van der Waals surface area contributed by atoms with Crippen LogP contribution in [0.3, 0.4) is 0 Å². The van der Waals surface area contributed by atoms with Crippen molar-refractivity contribution in [2.24, 2.45) is 11.7 Å². The van der Waals surface area contributed by atoms with Crippen LogP contribution in [-0.4, -0.2) is 0 Å². The van der Waals surface area contributed by atoms with E-state index in [1.165, 1.54) is 18.4 Å². The molecule has 1 aromatic rings. The fourth-order valence-electron chi connectivity index (χ4n) is 2.67. The van der Waals surface area contributed by atoms with Gasteiger partial charge < -0.3 is 5.73 Å². The largest absolute Gasteiger partial charge is 0.321 e. The Hall–Kier alpha value is -0.820. The maximum Gasteiger partial charge on any atom is 0.0412 e. The molecule has 0 heterocycles. The second-order valence-corrected chi connectivity index (χ2v) is 5.16. The van der Waals surface area contributed by atoms with Gasteiger partial charge in [0.05, 0.1) is 0 Å². The van der Waals surface area contributed by atoms with Crippen molar-refractivity contribution in [1.29, 1.82) is 0 Å². The summed E-state index contributed by atoms with van der Waals surface area (Å²) in [5, 5.41) is 0. The second-order valence-electron chi connectivity index (χ2n) is 5.16. The minimum absolute atomic E-state index is 0.132. The molecule has 0 saturated carbocycles. The van der Waals surface area contributed by atoms with E-state index in [2.05, 4.69) is 51.1 Å². The van der Waals surface area contributed by atoms with E-state index < -0.39 is 0 Å². The third kappa shape index (κ3) is 3.85. The fourth-order valence-corrected chi connectivity index (χ4v) is 2.67. The van der Waals surface area contributed by atoms with Gasteiger partial charge in [0.2, 0.25) is 0 Å². The summed E-state index contributed by atoms with van der Waals surface area (Å²) in [6.45, 7) is 6.76. The summed E-state index contributed by atoms with van der Waals surface area (Å²) in [7, 11) is 0. The monoisotopic (exact) mass is 233 g/mol. The predicted octanol–water partition coefficient (Wildman–Crippen LogP) is 4.47. The predicted molar refractivity (Wildman–Crippen MR) is 75.9 cm³/mol. The Balaban J connectivity index is 2.89. The highest BCUT2D eigenvalue weighted by molar-refractivity contribution is 5.24. The van der Waals surface area contributed by atoms with E-state index in [1.807, 2.05) is 0 Å². The van der Waals surface area contributed by atoms with Crippen molar-refractivity contribution < 1.29 is 0 Å². The maximum atomic E-state index is 6.68. The van der Waals surface area contributed by atoms with Gasteiger partial charge in [0.25, 0.3) is 0 Å². The zero-order valence-corrected chi connectivity index (χ0v) is 11.6. The van der Waals surface area contributed by atoms with E-state index in [0.717, 1.165) is 25.2 Å². The Morgan fingerprint density at radius 3 is 2.12 bits per heavy atom. The van der Waals surface area contributed by atoms with E-state index in [0.29, 0.717) is 0 Å². The maximum absolute atomic E-state index is 6.68. The molecule has 1 atom stereocenters. The first-order chi connectivity index (χ1) is 8.16. The number of nitrogens with two attached hydrogens (primary N) is 1. The molecule has 2 N–H and O–H groups in total. The summed E-state index contributed by atoms with van der Waals surface area (Å²) in [5.74, 6) is 0.742. The quantitative estimate of drug-likeness (QED) is 0.739. The molecule has 1 unspecified atom stereocenters. The van der Waals surface area contributed by atoms with Gasteiger partial charge in [-0.25, -0.2) is 0 Å². The van der Waals surface area contributed by atoms with Gasteiger partial charge >= 0.3 is 0 Å². The first-order valence-corrected chi connectivity index (χ1v) is 7.00. The highest BCUT2D eigenvalue weighted by Gasteiger charge is 2.28. The van der Waals surface area contributed by atoms with Gasteiger partial charge in [-0.15, -0.1) is 0 Å². The zero-order valence-electron chi connectivity index (χ0n) is 11.6. The molecule has 0 amide bonds. The van der Waals surface area contributed by atoms with E-state index in [9.17, 15) is 0 Å². The van der Waals surface area contributed by atoms with Crippen LogP contribution in [0.15, 0.2) is 30.3 Å². The van der Waals surface area contributed by atoms with Crippen molar-refractivity contribution >= 4 is 0 Å². The highest BCUT2D eigenvalue weighted by Crippen LogP contribution is 2.32. The highest BCUT2D eigenvalue weighted by atomic mass is 14.7. The van der Waals surface area contributed by atoms with Gasteiger partial charge in [-0.3, -0.25) is 0 Å². The topological polar surface area (TPSA) is 26.0 Å². The molecule has 1 heteroatoms. The minimum atomic E-state index is -0.132. The van der Waals surface area contributed by atoms with Crippen molar-refractivity contribution in [1.82, 2.24) is 0 Å². The van der Waals surface area contributed by atoms with E-state index in [1.54, 1.807) is 0 Å². The third-order valence-corrected chi connectivity index (χ3v) is 3.85. The lowest BCUT2D eigenvalue weighted by Crippen LogP contribution is -2.38. The smallest absolute Gasteiger partial charge is 0.0412 e. The Bertz CT molecular complexity index is 303.